The van der Waals surface area contributed by atoms with Gasteiger partial charge in [0.25, 0.3) is 5.91 Å². The number of nitrogens with one attached hydrogen (secondary N) is 1. The van der Waals surface area contributed by atoms with Crippen LogP contribution in [0.2, 0.25) is 5.02 Å². The summed E-state index contributed by atoms with van der Waals surface area (Å²) in [5, 5.41) is 5.53. The number of carbonyl (C=O) groups excluding carboxylic acids is 1. The Morgan fingerprint density at radius 3 is 2.96 bits per heavy atom. The number of benzene rings is 1. The van der Waals surface area contributed by atoms with Crippen molar-refractivity contribution in [2.75, 3.05) is 12.4 Å². The van der Waals surface area contributed by atoms with Gasteiger partial charge in [-0.2, -0.15) is 0 Å². The average molecular weight is 347 g/mol. The van der Waals surface area contributed by atoms with E-state index < -0.39 is 0 Å². The number of halogens is 1. The lowest BCUT2D eigenvalue weighted by molar-refractivity contribution is 0.102. The normalized spacial score (nSPS) is 10.3. The minimum atomic E-state index is -0.350. The van der Waals surface area contributed by atoms with Crippen molar-refractivity contribution in [2.45, 2.75) is 0 Å². The molecule has 1 amide bonds. The van der Waals surface area contributed by atoms with Crippen LogP contribution in [0.1, 0.15) is 10.5 Å². The molecule has 0 atom stereocenters. The van der Waals surface area contributed by atoms with Crippen molar-refractivity contribution in [1.29, 1.82) is 0 Å². The molecule has 6 nitrogen and oxygen atoms in total. The van der Waals surface area contributed by atoms with Gasteiger partial charge in [-0.15, -0.1) is 11.3 Å². The van der Waals surface area contributed by atoms with Gasteiger partial charge in [-0.25, -0.2) is 4.98 Å². The molecular formula is C15H11ClN4O2S. The summed E-state index contributed by atoms with van der Waals surface area (Å²) in [6.45, 7) is 0. The second kappa shape index (κ2) is 6.72. The fraction of sp³-hybridized carbons (Fsp3) is 0.0667. The van der Waals surface area contributed by atoms with Gasteiger partial charge in [0.05, 0.1) is 19.0 Å². The van der Waals surface area contributed by atoms with Crippen molar-refractivity contribution < 1.29 is 9.53 Å². The van der Waals surface area contributed by atoms with Crippen molar-refractivity contribution >= 4 is 34.5 Å². The van der Waals surface area contributed by atoms with Crippen LogP contribution in [0.5, 0.6) is 5.75 Å². The Labute approximate surface area is 141 Å². The minimum Gasteiger partial charge on any atom is -0.495 e. The molecule has 0 spiro atoms. The fourth-order valence-corrected chi connectivity index (χ4v) is 2.80. The number of rotatable bonds is 4. The predicted molar refractivity (Wildman–Crippen MR) is 89.1 cm³/mol. The van der Waals surface area contributed by atoms with E-state index in [1.807, 2.05) is 0 Å². The molecule has 0 radical (unpaired) electrons. The summed E-state index contributed by atoms with van der Waals surface area (Å²) in [4.78, 5) is 24.8. The highest BCUT2D eigenvalue weighted by Gasteiger charge is 2.15. The van der Waals surface area contributed by atoms with Gasteiger partial charge >= 0.3 is 0 Å². The van der Waals surface area contributed by atoms with Gasteiger partial charge in [-0.05, 0) is 18.2 Å². The number of methoxy groups -OCH3 is 1. The molecule has 0 saturated heterocycles. The lowest BCUT2D eigenvalue weighted by Crippen LogP contribution is -2.13. The Balaban J connectivity index is 1.82. The molecule has 0 aliphatic heterocycles. The monoisotopic (exact) mass is 346 g/mol. The number of aromatic nitrogens is 3. The lowest BCUT2D eigenvalue weighted by Gasteiger charge is -2.09. The molecular weight excluding hydrogens is 336 g/mol. The van der Waals surface area contributed by atoms with Crippen LogP contribution >= 0.6 is 22.9 Å². The quantitative estimate of drug-likeness (QED) is 0.782. The molecule has 2 heterocycles. The third kappa shape index (κ3) is 3.46. The predicted octanol–water partition coefficient (Wildman–Crippen LogP) is 3.51. The van der Waals surface area contributed by atoms with Gasteiger partial charge in [0.2, 0.25) is 0 Å². The van der Waals surface area contributed by atoms with Gasteiger partial charge in [0.15, 0.2) is 0 Å². The Bertz CT molecular complexity index is 839. The smallest absolute Gasteiger partial charge is 0.275 e. The fourth-order valence-electron chi connectivity index (χ4n) is 1.87. The summed E-state index contributed by atoms with van der Waals surface area (Å²) in [5.41, 5.74) is 1.40. The first kappa shape index (κ1) is 15.4. The highest BCUT2D eigenvalue weighted by molar-refractivity contribution is 7.13. The van der Waals surface area contributed by atoms with Gasteiger partial charge < -0.3 is 10.1 Å². The summed E-state index contributed by atoms with van der Waals surface area (Å²) in [6, 6.07) is 4.99. The summed E-state index contributed by atoms with van der Waals surface area (Å²) in [6.07, 6.45) is 4.75. The van der Waals surface area contributed by atoms with Crippen molar-refractivity contribution in [3.63, 3.8) is 0 Å². The van der Waals surface area contributed by atoms with Gasteiger partial charge in [-0.1, -0.05) is 11.6 Å². The van der Waals surface area contributed by atoms with Crippen molar-refractivity contribution in [2.24, 2.45) is 0 Å². The van der Waals surface area contributed by atoms with E-state index in [-0.39, 0.29) is 11.6 Å². The van der Waals surface area contributed by atoms with Crippen molar-refractivity contribution in [3.05, 3.63) is 52.9 Å². The molecule has 0 bridgehead atoms. The standard InChI is InChI=1S/C15H11ClN4O2S/c1-22-13-3-2-9(16)6-10(13)19-14(21)12-8-23-15(20-12)11-7-17-4-5-18-11/h2-8H,1H3,(H,19,21). The van der Waals surface area contributed by atoms with Crippen LogP contribution in [0.3, 0.4) is 0 Å². The van der Waals surface area contributed by atoms with Crippen LogP contribution in [0.4, 0.5) is 5.69 Å². The molecule has 2 aromatic heterocycles. The van der Waals surface area contributed by atoms with E-state index in [0.717, 1.165) is 0 Å². The second-order valence-corrected chi connectivity index (χ2v) is 5.72. The van der Waals surface area contributed by atoms with E-state index in [9.17, 15) is 4.79 Å². The third-order valence-corrected chi connectivity index (χ3v) is 4.03. The zero-order valence-electron chi connectivity index (χ0n) is 12.0. The first-order valence-corrected chi connectivity index (χ1v) is 7.80. The molecule has 0 fully saturated rings. The SMILES string of the molecule is COc1ccc(Cl)cc1NC(=O)c1csc(-c2cnccn2)n1. The van der Waals surface area contributed by atoms with E-state index in [0.29, 0.717) is 27.2 Å². The van der Waals surface area contributed by atoms with Crippen molar-refractivity contribution in [3.8, 4) is 16.5 Å². The van der Waals surface area contributed by atoms with E-state index in [1.54, 1.807) is 42.2 Å². The van der Waals surface area contributed by atoms with E-state index >= 15 is 0 Å². The molecule has 1 N–H and O–H groups in total. The number of amides is 1. The zero-order chi connectivity index (χ0) is 16.2. The first-order valence-electron chi connectivity index (χ1n) is 6.54. The lowest BCUT2D eigenvalue weighted by atomic mass is 10.3. The molecule has 3 rings (SSSR count). The van der Waals surface area contributed by atoms with Crippen LogP contribution in [-0.4, -0.2) is 28.0 Å². The third-order valence-electron chi connectivity index (χ3n) is 2.93. The summed E-state index contributed by atoms with van der Waals surface area (Å²) in [5.74, 6) is 0.170. The molecule has 0 unspecified atom stereocenters. The molecule has 23 heavy (non-hydrogen) atoms. The van der Waals surface area contributed by atoms with Crippen molar-refractivity contribution in [1.82, 2.24) is 15.0 Å². The first-order chi connectivity index (χ1) is 11.2. The Morgan fingerprint density at radius 1 is 1.35 bits per heavy atom. The van der Waals surface area contributed by atoms with Crippen LogP contribution < -0.4 is 10.1 Å². The number of hydrogen-bond acceptors (Lipinski definition) is 6. The number of carbonyl (C=O) groups is 1. The number of hydrogen-bond donors (Lipinski definition) is 1. The maximum absolute atomic E-state index is 12.3. The van der Waals surface area contributed by atoms with Gasteiger partial charge in [0.1, 0.15) is 22.1 Å². The topological polar surface area (TPSA) is 77.0 Å². The zero-order valence-corrected chi connectivity index (χ0v) is 13.6. The van der Waals surface area contributed by atoms with E-state index in [2.05, 4.69) is 20.3 Å². The Kier molecular flexibility index (Phi) is 4.50. The summed E-state index contributed by atoms with van der Waals surface area (Å²) in [7, 11) is 1.52. The largest absolute Gasteiger partial charge is 0.495 e. The molecule has 1 aromatic carbocycles. The number of anilines is 1. The van der Waals surface area contributed by atoms with Crippen LogP contribution in [-0.2, 0) is 0 Å². The van der Waals surface area contributed by atoms with Gasteiger partial charge in [0, 0.05) is 22.8 Å². The highest BCUT2D eigenvalue weighted by Crippen LogP contribution is 2.28. The second-order valence-electron chi connectivity index (χ2n) is 4.43. The molecule has 8 heteroatoms. The van der Waals surface area contributed by atoms with Crippen LogP contribution in [0.25, 0.3) is 10.7 Å². The van der Waals surface area contributed by atoms with Crippen LogP contribution in [0, 0.1) is 0 Å². The number of nitrogens with zero attached hydrogens (tertiary/aromatic N) is 3. The van der Waals surface area contributed by atoms with Crippen LogP contribution in [0.15, 0.2) is 42.2 Å². The average Bonchev–Trinajstić information content (AvgIpc) is 3.06. The number of ether oxygens (including phenoxy) is 1. The Morgan fingerprint density at radius 2 is 2.22 bits per heavy atom. The van der Waals surface area contributed by atoms with Gasteiger partial charge in [-0.3, -0.25) is 14.8 Å². The molecule has 3 aromatic rings. The number of thiazole rings is 1. The molecule has 0 aliphatic carbocycles. The van der Waals surface area contributed by atoms with E-state index in [4.69, 9.17) is 16.3 Å². The Hall–Kier alpha value is -2.51. The molecule has 0 saturated carbocycles. The van der Waals surface area contributed by atoms with E-state index in [1.165, 1.54) is 18.4 Å². The highest BCUT2D eigenvalue weighted by atomic mass is 35.5. The minimum absolute atomic E-state index is 0.290. The summed E-state index contributed by atoms with van der Waals surface area (Å²) < 4.78 is 5.20. The maximum Gasteiger partial charge on any atom is 0.275 e. The molecule has 0 aliphatic rings. The summed E-state index contributed by atoms with van der Waals surface area (Å²) >= 11 is 7.27. The molecule has 116 valence electrons. The maximum atomic E-state index is 12.3.